The third kappa shape index (κ3) is 4.82. The lowest BCUT2D eigenvalue weighted by atomic mass is 9.96. The Morgan fingerprint density at radius 1 is 1.30 bits per heavy atom. The first-order valence-corrected chi connectivity index (χ1v) is 10.0. The number of nitrogens with zero attached hydrogens (tertiary/aromatic N) is 4. The molecule has 7 heteroatoms. The van der Waals surface area contributed by atoms with E-state index in [1.165, 1.54) is 12.8 Å². The van der Waals surface area contributed by atoms with Gasteiger partial charge < -0.3 is 10.2 Å². The summed E-state index contributed by atoms with van der Waals surface area (Å²) in [6, 6.07) is 6.23. The molecule has 1 aliphatic heterocycles. The Hall–Kier alpha value is -2.05. The second-order valence-electron chi connectivity index (χ2n) is 7.33. The minimum atomic E-state index is 0.119. The molecule has 4 rings (SSSR count). The first-order valence-electron chi connectivity index (χ1n) is 9.65. The van der Waals surface area contributed by atoms with Crippen molar-refractivity contribution < 1.29 is 4.79 Å². The number of carbonyl (C=O) groups is 1. The zero-order valence-electron chi connectivity index (χ0n) is 15.3. The van der Waals surface area contributed by atoms with E-state index in [0.29, 0.717) is 24.2 Å². The van der Waals surface area contributed by atoms with E-state index in [-0.39, 0.29) is 11.8 Å². The molecule has 1 atom stereocenters. The van der Waals surface area contributed by atoms with Crippen LogP contribution in [-0.4, -0.2) is 51.4 Å². The highest BCUT2D eigenvalue weighted by Crippen LogP contribution is 2.28. The Labute approximate surface area is 164 Å². The summed E-state index contributed by atoms with van der Waals surface area (Å²) in [5.74, 6) is 1.05. The van der Waals surface area contributed by atoms with Gasteiger partial charge in [0.1, 0.15) is 11.0 Å². The van der Waals surface area contributed by atoms with Crippen LogP contribution in [0.1, 0.15) is 43.8 Å². The monoisotopic (exact) mass is 385 g/mol. The molecule has 2 aromatic rings. The lowest BCUT2D eigenvalue weighted by Gasteiger charge is -2.32. The average molecular weight is 386 g/mol. The van der Waals surface area contributed by atoms with Gasteiger partial charge in [-0.15, -0.1) is 0 Å². The van der Waals surface area contributed by atoms with Crippen LogP contribution in [0.5, 0.6) is 0 Å². The van der Waals surface area contributed by atoms with E-state index in [1.807, 2.05) is 17.0 Å². The van der Waals surface area contributed by atoms with Gasteiger partial charge in [-0.05, 0) is 37.8 Å². The fraction of sp³-hybridized carbons (Fsp3) is 0.500. The summed E-state index contributed by atoms with van der Waals surface area (Å²) >= 11 is 6.26. The number of nitrogens with one attached hydrogen (secondary N) is 1. The third-order valence-corrected chi connectivity index (χ3v) is 5.35. The van der Waals surface area contributed by atoms with Crippen molar-refractivity contribution >= 4 is 17.5 Å². The predicted octanol–water partition coefficient (Wildman–Crippen LogP) is 3.04. The molecule has 2 aromatic heterocycles. The van der Waals surface area contributed by atoms with Crippen molar-refractivity contribution in [3.8, 4) is 11.3 Å². The molecular weight excluding hydrogens is 362 g/mol. The molecule has 1 saturated carbocycles. The fourth-order valence-electron chi connectivity index (χ4n) is 3.52. The minimum absolute atomic E-state index is 0.119. The van der Waals surface area contributed by atoms with Crippen LogP contribution in [0.4, 0.5) is 0 Å². The van der Waals surface area contributed by atoms with Gasteiger partial charge in [-0.3, -0.25) is 9.78 Å². The Kier molecular flexibility index (Phi) is 5.64. The van der Waals surface area contributed by atoms with Gasteiger partial charge >= 0.3 is 0 Å². The molecule has 1 unspecified atom stereocenters. The van der Waals surface area contributed by atoms with Crippen LogP contribution >= 0.6 is 11.6 Å². The number of rotatable bonds is 6. The van der Waals surface area contributed by atoms with Crippen molar-refractivity contribution in [1.29, 1.82) is 0 Å². The van der Waals surface area contributed by atoms with Crippen LogP contribution < -0.4 is 5.32 Å². The molecule has 1 N–H and O–H groups in total. The molecule has 2 fully saturated rings. The summed E-state index contributed by atoms with van der Waals surface area (Å²) in [6.45, 7) is 2.24. The van der Waals surface area contributed by atoms with E-state index in [2.05, 4.69) is 15.3 Å². The second kappa shape index (κ2) is 8.31. The quantitative estimate of drug-likeness (QED) is 0.774. The molecule has 27 heavy (non-hydrogen) atoms. The number of aromatic nitrogens is 3. The van der Waals surface area contributed by atoms with Crippen LogP contribution in [0.3, 0.4) is 0 Å². The number of hydrogen-bond acceptors (Lipinski definition) is 5. The van der Waals surface area contributed by atoms with Crippen molar-refractivity contribution in [2.45, 2.75) is 44.1 Å². The fourth-order valence-corrected chi connectivity index (χ4v) is 3.71. The van der Waals surface area contributed by atoms with E-state index in [0.717, 1.165) is 43.0 Å². The lowest BCUT2D eigenvalue weighted by molar-refractivity contribution is -0.132. The van der Waals surface area contributed by atoms with Crippen LogP contribution in [0.2, 0.25) is 5.15 Å². The van der Waals surface area contributed by atoms with Crippen molar-refractivity contribution in [2.75, 3.05) is 19.6 Å². The Morgan fingerprint density at radius 3 is 2.96 bits per heavy atom. The Balaban J connectivity index is 1.44. The molecule has 0 spiro atoms. The molecule has 1 saturated heterocycles. The van der Waals surface area contributed by atoms with Crippen molar-refractivity contribution in [2.24, 2.45) is 0 Å². The standard InChI is InChI=1S/C20H24ClN5O/c21-18-11-17(14-3-1-8-22-12-14)24-20(25-18)15-4-2-10-26(13-15)19(27)7-9-23-16-5-6-16/h1,3,8,11-12,15-16,23H,2,4-7,9-10,13H2. The predicted molar refractivity (Wildman–Crippen MR) is 104 cm³/mol. The molecule has 0 aromatic carbocycles. The van der Waals surface area contributed by atoms with E-state index >= 15 is 0 Å². The number of piperidine rings is 1. The maximum Gasteiger partial charge on any atom is 0.223 e. The van der Waals surface area contributed by atoms with Gasteiger partial charge in [-0.2, -0.15) is 0 Å². The smallest absolute Gasteiger partial charge is 0.223 e. The number of carbonyl (C=O) groups excluding carboxylic acids is 1. The van der Waals surface area contributed by atoms with Crippen LogP contribution in [-0.2, 0) is 4.79 Å². The summed E-state index contributed by atoms with van der Waals surface area (Å²) in [7, 11) is 0. The first-order chi connectivity index (χ1) is 13.2. The lowest BCUT2D eigenvalue weighted by Crippen LogP contribution is -2.40. The number of likely N-dealkylation sites (tertiary alicyclic amines) is 1. The summed E-state index contributed by atoms with van der Waals surface area (Å²) in [5.41, 5.74) is 1.69. The van der Waals surface area contributed by atoms with Gasteiger partial charge in [0.15, 0.2) is 0 Å². The first kappa shape index (κ1) is 18.3. The van der Waals surface area contributed by atoms with Gasteiger partial charge in [0.25, 0.3) is 0 Å². The van der Waals surface area contributed by atoms with E-state index in [9.17, 15) is 4.79 Å². The van der Waals surface area contributed by atoms with Gasteiger partial charge in [0.05, 0.1) is 5.69 Å². The number of hydrogen-bond donors (Lipinski definition) is 1. The average Bonchev–Trinajstić information content (AvgIpc) is 3.52. The van der Waals surface area contributed by atoms with Gasteiger partial charge in [0, 0.05) is 62.0 Å². The summed E-state index contributed by atoms with van der Waals surface area (Å²) in [5, 5.41) is 3.83. The van der Waals surface area contributed by atoms with Gasteiger partial charge in [0.2, 0.25) is 5.91 Å². The molecule has 6 nitrogen and oxygen atoms in total. The molecular formula is C20H24ClN5O. The Bertz CT molecular complexity index is 796. The molecule has 1 amide bonds. The number of amides is 1. The van der Waals surface area contributed by atoms with Crippen LogP contribution in [0, 0.1) is 0 Å². The molecule has 1 aliphatic carbocycles. The molecule has 3 heterocycles. The second-order valence-corrected chi connectivity index (χ2v) is 7.72. The third-order valence-electron chi connectivity index (χ3n) is 5.16. The SMILES string of the molecule is O=C(CCNC1CC1)N1CCCC(c2nc(Cl)cc(-c3cccnc3)n2)C1. The zero-order valence-corrected chi connectivity index (χ0v) is 16.0. The molecule has 0 bridgehead atoms. The summed E-state index contributed by atoms with van der Waals surface area (Å²) in [4.78, 5) is 27.8. The highest BCUT2D eigenvalue weighted by molar-refractivity contribution is 6.29. The molecule has 142 valence electrons. The molecule has 0 radical (unpaired) electrons. The van der Waals surface area contributed by atoms with Crippen molar-refractivity contribution in [3.63, 3.8) is 0 Å². The summed E-state index contributed by atoms with van der Waals surface area (Å²) < 4.78 is 0. The Morgan fingerprint density at radius 2 is 2.19 bits per heavy atom. The van der Waals surface area contributed by atoms with Crippen LogP contribution in [0.15, 0.2) is 30.6 Å². The maximum absolute atomic E-state index is 12.5. The van der Waals surface area contributed by atoms with Crippen molar-refractivity contribution in [3.05, 3.63) is 41.6 Å². The minimum Gasteiger partial charge on any atom is -0.342 e. The van der Waals surface area contributed by atoms with E-state index < -0.39 is 0 Å². The zero-order chi connectivity index (χ0) is 18.6. The number of halogens is 1. The van der Waals surface area contributed by atoms with Gasteiger partial charge in [-0.1, -0.05) is 11.6 Å². The van der Waals surface area contributed by atoms with E-state index in [1.54, 1.807) is 18.5 Å². The van der Waals surface area contributed by atoms with Crippen molar-refractivity contribution in [1.82, 2.24) is 25.2 Å². The van der Waals surface area contributed by atoms with Crippen LogP contribution in [0.25, 0.3) is 11.3 Å². The largest absolute Gasteiger partial charge is 0.342 e. The van der Waals surface area contributed by atoms with Gasteiger partial charge in [-0.25, -0.2) is 9.97 Å². The highest BCUT2D eigenvalue weighted by atomic mass is 35.5. The normalized spacial score (nSPS) is 19.9. The summed E-state index contributed by atoms with van der Waals surface area (Å²) in [6.07, 6.45) is 8.47. The van der Waals surface area contributed by atoms with E-state index in [4.69, 9.17) is 16.6 Å². The molecule has 2 aliphatic rings. The number of pyridine rings is 1. The highest BCUT2D eigenvalue weighted by Gasteiger charge is 2.27. The maximum atomic E-state index is 12.5. The topological polar surface area (TPSA) is 71.0 Å².